The van der Waals surface area contributed by atoms with E-state index in [0.717, 1.165) is 0 Å². The lowest BCUT2D eigenvalue weighted by Crippen LogP contribution is -2.17. The molecule has 23 heavy (non-hydrogen) atoms. The van der Waals surface area contributed by atoms with Gasteiger partial charge in [0.05, 0.1) is 18.1 Å². The Bertz CT molecular complexity index is 746. The summed E-state index contributed by atoms with van der Waals surface area (Å²) in [4.78, 5) is 30.0. The minimum absolute atomic E-state index is 0.203. The number of Topliss-reactive ketones (excluding diaryl/α,β-unsaturated/α-hetero) is 1. The van der Waals surface area contributed by atoms with Crippen LogP contribution in [0.2, 0.25) is 0 Å². The third-order valence-electron chi connectivity index (χ3n) is 2.92. The van der Waals surface area contributed by atoms with Crippen molar-refractivity contribution < 1.29 is 14.7 Å². The molecule has 118 valence electrons. The molecule has 0 aliphatic rings. The van der Waals surface area contributed by atoms with Crippen LogP contribution in [-0.2, 0) is 9.59 Å². The number of hydrogen-bond acceptors (Lipinski definition) is 7. The van der Waals surface area contributed by atoms with E-state index in [4.69, 9.17) is 10.5 Å². The Labute approximate surface area is 132 Å². The summed E-state index contributed by atoms with van der Waals surface area (Å²) in [7, 11) is 0. The van der Waals surface area contributed by atoms with E-state index < -0.39 is 11.8 Å². The first-order valence-electron chi connectivity index (χ1n) is 6.69. The fraction of sp³-hybridized carbons (Fsp3) is 0.133. The van der Waals surface area contributed by atoms with Gasteiger partial charge in [-0.25, -0.2) is 9.97 Å². The maximum atomic E-state index is 11.5. The van der Waals surface area contributed by atoms with E-state index in [1.54, 1.807) is 30.6 Å². The Hall–Kier alpha value is -3.29. The lowest BCUT2D eigenvalue weighted by atomic mass is 10.0. The van der Waals surface area contributed by atoms with Gasteiger partial charge in [0, 0.05) is 23.9 Å². The van der Waals surface area contributed by atoms with E-state index in [1.807, 2.05) is 0 Å². The van der Waals surface area contributed by atoms with E-state index in [9.17, 15) is 9.59 Å². The first-order chi connectivity index (χ1) is 11.0. The lowest BCUT2D eigenvalue weighted by molar-refractivity contribution is -0.134. The number of rotatable bonds is 7. The van der Waals surface area contributed by atoms with Crippen LogP contribution >= 0.6 is 0 Å². The molecule has 0 saturated carbocycles. The Balaban J connectivity index is 2.32. The highest BCUT2D eigenvalue weighted by Crippen LogP contribution is 2.23. The predicted molar refractivity (Wildman–Crippen MR) is 85.4 cm³/mol. The van der Waals surface area contributed by atoms with Crippen LogP contribution < -0.4 is 10.6 Å². The average Bonchev–Trinajstić information content (AvgIpc) is 2.53. The molecule has 0 saturated heterocycles. The molecule has 8 heteroatoms. The Kier molecular flexibility index (Phi) is 4.98. The van der Waals surface area contributed by atoms with E-state index in [0.29, 0.717) is 22.6 Å². The summed E-state index contributed by atoms with van der Waals surface area (Å²) in [6.45, 7) is 0.978. The van der Waals surface area contributed by atoms with Gasteiger partial charge in [0.25, 0.3) is 0 Å². The molecule has 0 unspecified atom stereocenters. The predicted octanol–water partition coefficient (Wildman–Crippen LogP) is 1.67. The number of nitrogens with zero attached hydrogens (tertiary/aromatic N) is 2. The van der Waals surface area contributed by atoms with Crippen LogP contribution in [0, 0.1) is 5.41 Å². The summed E-state index contributed by atoms with van der Waals surface area (Å²) < 4.78 is 0. The van der Waals surface area contributed by atoms with Gasteiger partial charge in [-0.05, 0) is 18.2 Å². The van der Waals surface area contributed by atoms with Gasteiger partial charge in [0.2, 0.25) is 0 Å². The van der Waals surface area contributed by atoms with Crippen LogP contribution in [0.1, 0.15) is 12.5 Å². The van der Waals surface area contributed by atoms with Crippen molar-refractivity contribution in [1.29, 1.82) is 5.41 Å². The van der Waals surface area contributed by atoms with Crippen LogP contribution in [-0.4, -0.2) is 39.1 Å². The van der Waals surface area contributed by atoms with Crippen LogP contribution in [0.3, 0.4) is 0 Å². The number of carbonyl (C=O) groups excluding carboxylic acids is 1. The number of carboxylic acid groups (broad SMARTS) is 1. The fourth-order valence-corrected chi connectivity index (χ4v) is 1.87. The van der Waals surface area contributed by atoms with E-state index in [2.05, 4.69) is 20.6 Å². The number of aromatic nitrogens is 2. The maximum absolute atomic E-state index is 11.5. The van der Waals surface area contributed by atoms with Gasteiger partial charge in [0.1, 0.15) is 18.6 Å². The molecular weight excluding hydrogens is 298 g/mol. The number of hydrogen-bond donors (Lipinski definition) is 4. The molecule has 1 aromatic heterocycles. The van der Waals surface area contributed by atoms with Gasteiger partial charge >= 0.3 is 5.97 Å². The summed E-state index contributed by atoms with van der Waals surface area (Å²) in [5, 5.41) is 22.4. The topological polar surface area (TPSA) is 128 Å². The van der Waals surface area contributed by atoms with Crippen molar-refractivity contribution in [2.45, 2.75) is 6.92 Å². The second kappa shape index (κ2) is 7.12. The molecule has 0 radical (unpaired) electrons. The molecule has 0 fully saturated rings. The van der Waals surface area contributed by atoms with Gasteiger partial charge in [0.15, 0.2) is 5.78 Å². The highest BCUT2D eigenvalue weighted by Gasteiger charge is 2.14. The third kappa shape index (κ3) is 4.34. The molecule has 0 atom stereocenters. The van der Waals surface area contributed by atoms with Crippen molar-refractivity contribution >= 4 is 34.5 Å². The average molecular weight is 313 g/mol. The zero-order valence-electron chi connectivity index (χ0n) is 12.3. The molecule has 0 bridgehead atoms. The maximum Gasteiger partial charge on any atom is 0.322 e. The largest absolute Gasteiger partial charge is 0.480 e. The highest BCUT2D eigenvalue weighted by molar-refractivity contribution is 6.45. The van der Waals surface area contributed by atoms with Crippen LogP contribution in [0.15, 0.2) is 36.9 Å². The SMILES string of the molecule is CC(=O)C(=N)c1cc(Nc2cncnc2)ccc1NCC(=O)O. The van der Waals surface area contributed by atoms with Crippen molar-refractivity contribution in [3.8, 4) is 0 Å². The monoisotopic (exact) mass is 313 g/mol. The molecule has 4 N–H and O–H groups in total. The summed E-state index contributed by atoms with van der Waals surface area (Å²) in [5.74, 6) is -1.45. The molecule has 0 aliphatic carbocycles. The van der Waals surface area contributed by atoms with Crippen molar-refractivity contribution in [2.24, 2.45) is 0 Å². The molecule has 0 spiro atoms. The molecule has 8 nitrogen and oxygen atoms in total. The summed E-state index contributed by atoms with van der Waals surface area (Å²) in [5.41, 5.74) is 1.80. The first-order valence-corrected chi connectivity index (χ1v) is 6.69. The van der Waals surface area contributed by atoms with Crippen molar-refractivity contribution in [2.75, 3.05) is 17.2 Å². The van der Waals surface area contributed by atoms with Crippen LogP contribution in [0.4, 0.5) is 17.1 Å². The quantitative estimate of drug-likeness (QED) is 0.572. The Morgan fingerprint density at radius 2 is 1.91 bits per heavy atom. The Morgan fingerprint density at radius 1 is 1.22 bits per heavy atom. The standard InChI is InChI=1S/C15H15N5O3/c1-9(21)15(16)12-4-10(20-11-5-17-8-18-6-11)2-3-13(12)19-7-14(22)23/h2-6,8,16,19-20H,7H2,1H3,(H,22,23). The van der Waals surface area contributed by atoms with Gasteiger partial charge in [-0.2, -0.15) is 0 Å². The molecule has 1 aromatic carbocycles. The molecule has 2 rings (SSSR count). The van der Waals surface area contributed by atoms with E-state index in [1.165, 1.54) is 13.3 Å². The number of aliphatic carboxylic acids is 1. The zero-order valence-corrected chi connectivity index (χ0v) is 12.3. The molecular formula is C15H15N5O3. The van der Waals surface area contributed by atoms with Crippen molar-refractivity contribution in [3.63, 3.8) is 0 Å². The molecule has 0 amide bonds. The zero-order chi connectivity index (χ0) is 16.8. The Morgan fingerprint density at radius 3 is 2.52 bits per heavy atom. The first kappa shape index (κ1) is 16.1. The number of carbonyl (C=O) groups is 2. The lowest BCUT2D eigenvalue weighted by Gasteiger charge is -2.13. The highest BCUT2D eigenvalue weighted by atomic mass is 16.4. The van der Waals surface area contributed by atoms with Crippen molar-refractivity contribution in [1.82, 2.24) is 9.97 Å². The van der Waals surface area contributed by atoms with Crippen molar-refractivity contribution in [3.05, 3.63) is 42.5 Å². The van der Waals surface area contributed by atoms with E-state index >= 15 is 0 Å². The number of benzene rings is 1. The fourth-order valence-electron chi connectivity index (χ4n) is 1.87. The minimum atomic E-state index is -1.03. The van der Waals surface area contributed by atoms with Gasteiger partial charge < -0.3 is 15.7 Å². The van der Waals surface area contributed by atoms with Crippen LogP contribution in [0.5, 0.6) is 0 Å². The summed E-state index contributed by atoms with van der Waals surface area (Å²) in [6, 6.07) is 4.91. The number of nitrogens with one attached hydrogen (secondary N) is 3. The van der Waals surface area contributed by atoms with Gasteiger partial charge in [-0.1, -0.05) is 0 Å². The number of anilines is 3. The summed E-state index contributed by atoms with van der Waals surface area (Å²) >= 11 is 0. The second-order valence-electron chi connectivity index (χ2n) is 4.69. The molecule has 2 aromatic rings. The smallest absolute Gasteiger partial charge is 0.322 e. The molecule has 0 aliphatic heterocycles. The van der Waals surface area contributed by atoms with Gasteiger partial charge in [-0.3, -0.25) is 15.0 Å². The van der Waals surface area contributed by atoms with E-state index in [-0.39, 0.29) is 12.3 Å². The number of ketones is 1. The normalized spacial score (nSPS) is 9.96. The molecule has 1 heterocycles. The summed E-state index contributed by atoms with van der Waals surface area (Å²) in [6.07, 6.45) is 4.57. The third-order valence-corrected chi connectivity index (χ3v) is 2.92. The van der Waals surface area contributed by atoms with Crippen LogP contribution in [0.25, 0.3) is 0 Å². The minimum Gasteiger partial charge on any atom is -0.480 e. The second-order valence-corrected chi connectivity index (χ2v) is 4.69. The number of carboxylic acids is 1. The van der Waals surface area contributed by atoms with Gasteiger partial charge in [-0.15, -0.1) is 0 Å².